The molecule has 3 heterocycles. The number of pyridine rings is 1. The molecule has 0 radical (unpaired) electrons. The monoisotopic (exact) mass is 342 g/mol. The Kier molecular flexibility index (Phi) is 4.57. The van der Waals surface area contributed by atoms with Crippen LogP contribution in [0.25, 0.3) is 16.5 Å². The highest BCUT2D eigenvalue weighted by atomic mass is 16.6. The van der Waals surface area contributed by atoms with Crippen molar-refractivity contribution in [3.63, 3.8) is 0 Å². The van der Waals surface area contributed by atoms with Crippen molar-refractivity contribution in [1.29, 1.82) is 0 Å². The van der Waals surface area contributed by atoms with E-state index in [0.29, 0.717) is 25.4 Å². The van der Waals surface area contributed by atoms with Gasteiger partial charge in [0.25, 0.3) is 0 Å². The molecule has 1 amide bonds. The number of fused-ring (bicyclic) bond motifs is 1. The molecule has 25 heavy (non-hydrogen) atoms. The first-order chi connectivity index (χ1) is 11.9. The average Bonchev–Trinajstić information content (AvgIpc) is 2.59. The quantitative estimate of drug-likeness (QED) is 0.835. The first-order valence-corrected chi connectivity index (χ1v) is 8.19. The molecule has 0 atom stereocenters. The molecule has 2 aromatic rings. The molecule has 132 valence electrons. The van der Waals surface area contributed by atoms with E-state index in [1.165, 1.54) is 6.33 Å². The zero-order chi connectivity index (χ0) is 18.0. The maximum atomic E-state index is 12.2. The lowest BCUT2D eigenvalue weighted by Gasteiger charge is -2.29. The third-order valence-electron chi connectivity index (χ3n) is 3.87. The highest BCUT2D eigenvalue weighted by Gasteiger charge is 2.24. The molecule has 3 rings (SSSR count). The Balaban J connectivity index is 1.84. The molecule has 1 aliphatic rings. The summed E-state index contributed by atoms with van der Waals surface area (Å²) < 4.78 is 10.6. The molecule has 2 aromatic heterocycles. The van der Waals surface area contributed by atoms with E-state index in [2.05, 4.69) is 15.0 Å². The van der Waals surface area contributed by atoms with Crippen molar-refractivity contribution in [2.45, 2.75) is 32.8 Å². The Bertz CT molecular complexity index is 827. The number of hydrogen-bond acceptors (Lipinski definition) is 6. The molecule has 1 aliphatic heterocycles. The van der Waals surface area contributed by atoms with E-state index in [4.69, 9.17) is 9.47 Å². The van der Waals surface area contributed by atoms with Gasteiger partial charge < -0.3 is 14.4 Å². The fourth-order valence-electron chi connectivity index (χ4n) is 2.68. The van der Waals surface area contributed by atoms with Gasteiger partial charge in [0.2, 0.25) is 5.88 Å². The average molecular weight is 342 g/mol. The van der Waals surface area contributed by atoms with E-state index < -0.39 is 5.60 Å². The third kappa shape index (κ3) is 3.87. The van der Waals surface area contributed by atoms with Crippen LogP contribution in [0.5, 0.6) is 5.88 Å². The van der Waals surface area contributed by atoms with Gasteiger partial charge in [-0.1, -0.05) is 6.08 Å². The molecule has 0 unspecified atom stereocenters. The van der Waals surface area contributed by atoms with Gasteiger partial charge >= 0.3 is 6.09 Å². The first-order valence-electron chi connectivity index (χ1n) is 8.19. The van der Waals surface area contributed by atoms with Gasteiger partial charge in [-0.2, -0.15) is 0 Å². The Morgan fingerprint density at radius 3 is 2.68 bits per heavy atom. The van der Waals surface area contributed by atoms with Crippen LogP contribution in [0.15, 0.2) is 24.7 Å². The smallest absolute Gasteiger partial charge is 0.410 e. The van der Waals surface area contributed by atoms with Gasteiger partial charge in [-0.15, -0.1) is 0 Å². The summed E-state index contributed by atoms with van der Waals surface area (Å²) in [5.41, 5.74) is 2.21. The number of ether oxygens (including phenoxy) is 2. The number of amides is 1. The molecule has 7 nitrogen and oxygen atoms in total. The summed E-state index contributed by atoms with van der Waals surface area (Å²) in [5.74, 6) is 0.523. The van der Waals surface area contributed by atoms with E-state index in [1.807, 2.05) is 32.9 Å². The molecule has 0 aliphatic carbocycles. The molecule has 0 fully saturated rings. The first kappa shape index (κ1) is 17.1. The predicted molar refractivity (Wildman–Crippen MR) is 94.3 cm³/mol. The number of rotatable bonds is 2. The van der Waals surface area contributed by atoms with E-state index in [1.54, 1.807) is 18.2 Å². The fourth-order valence-corrected chi connectivity index (χ4v) is 2.68. The van der Waals surface area contributed by atoms with Gasteiger partial charge in [-0.05, 0) is 32.8 Å². The van der Waals surface area contributed by atoms with Crippen LogP contribution in [0, 0.1) is 0 Å². The van der Waals surface area contributed by atoms with Crippen LogP contribution in [0.3, 0.4) is 0 Å². The van der Waals surface area contributed by atoms with Crippen LogP contribution >= 0.6 is 0 Å². The molecule has 0 N–H and O–H groups in total. The molecule has 7 heteroatoms. The van der Waals surface area contributed by atoms with Gasteiger partial charge in [-0.3, -0.25) is 0 Å². The summed E-state index contributed by atoms with van der Waals surface area (Å²) in [5, 5.41) is 0.895. The largest absolute Gasteiger partial charge is 0.481 e. The molecule has 0 spiro atoms. The van der Waals surface area contributed by atoms with Crippen molar-refractivity contribution in [2.24, 2.45) is 0 Å². The minimum absolute atomic E-state index is 0.291. The maximum absolute atomic E-state index is 12.2. The van der Waals surface area contributed by atoms with E-state index in [0.717, 1.165) is 22.2 Å². The number of methoxy groups -OCH3 is 1. The van der Waals surface area contributed by atoms with Crippen LogP contribution in [-0.4, -0.2) is 51.7 Å². The van der Waals surface area contributed by atoms with Crippen LogP contribution in [0.4, 0.5) is 4.79 Å². The topological polar surface area (TPSA) is 77.4 Å². The van der Waals surface area contributed by atoms with Gasteiger partial charge in [0.1, 0.15) is 11.9 Å². The SMILES string of the molecule is COc1cc2c(C3=CCN(C(=O)OC(C)(C)C)CC3)ncnc2cn1. The molecule has 0 aromatic carbocycles. The van der Waals surface area contributed by atoms with Gasteiger partial charge in [-0.25, -0.2) is 19.7 Å². The lowest BCUT2D eigenvalue weighted by Crippen LogP contribution is -2.39. The van der Waals surface area contributed by atoms with Crippen molar-refractivity contribution < 1.29 is 14.3 Å². The minimum atomic E-state index is -0.493. The Hall–Kier alpha value is -2.70. The van der Waals surface area contributed by atoms with Crippen molar-refractivity contribution in [3.8, 4) is 5.88 Å². The van der Waals surface area contributed by atoms with Crippen LogP contribution in [-0.2, 0) is 4.74 Å². The zero-order valence-corrected chi connectivity index (χ0v) is 14.9. The van der Waals surface area contributed by atoms with Crippen molar-refractivity contribution >= 4 is 22.6 Å². The van der Waals surface area contributed by atoms with Crippen LogP contribution in [0.2, 0.25) is 0 Å². The standard InChI is InChI=1S/C18H22N4O3/c1-18(2,3)25-17(23)22-7-5-12(6-8-22)16-13-9-15(24-4)19-10-14(13)20-11-21-16/h5,9-11H,6-8H2,1-4H3. The van der Waals surface area contributed by atoms with E-state index in [9.17, 15) is 4.79 Å². The number of hydrogen-bond donors (Lipinski definition) is 0. The highest BCUT2D eigenvalue weighted by molar-refractivity contribution is 5.90. The Morgan fingerprint density at radius 1 is 1.24 bits per heavy atom. The van der Waals surface area contributed by atoms with Crippen LogP contribution in [0.1, 0.15) is 32.9 Å². The number of carbonyl (C=O) groups is 1. The highest BCUT2D eigenvalue weighted by Crippen LogP contribution is 2.28. The van der Waals surface area contributed by atoms with Gasteiger partial charge in [0, 0.05) is 24.5 Å². The summed E-state index contributed by atoms with van der Waals surface area (Å²) >= 11 is 0. The summed E-state index contributed by atoms with van der Waals surface area (Å²) in [6.07, 6.45) is 5.64. The van der Waals surface area contributed by atoms with E-state index in [-0.39, 0.29) is 6.09 Å². The molecule has 0 bridgehead atoms. The van der Waals surface area contributed by atoms with Crippen molar-refractivity contribution in [3.05, 3.63) is 30.4 Å². The summed E-state index contributed by atoms with van der Waals surface area (Å²) in [6.45, 7) is 6.69. The second kappa shape index (κ2) is 6.66. The lowest BCUT2D eigenvalue weighted by atomic mass is 10.0. The minimum Gasteiger partial charge on any atom is -0.481 e. The van der Waals surface area contributed by atoms with Gasteiger partial charge in [0.05, 0.1) is 24.5 Å². The second-order valence-electron chi connectivity index (χ2n) is 6.87. The number of nitrogens with zero attached hydrogens (tertiary/aromatic N) is 4. The summed E-state index contributed by atoms with van der Waals surface area (Å²) in [4.78, 5) is 26.7. The van der Waals surface area contributed by atoms with E-state index >= 15 is 0 Å². The third-order valence-corrected chi connectivity index (χ3v) is 3.87. The summed E-state index contributed by atoms with van der Waals surface area (Å²) in [6, 6.07) is 1.84. The molecular formula is C18H22N4O3. The van der Waals surface area contributed by atoms with Gasteiger partial charge in [0.15, 0.2) is 0 Å². The Labute approximate surface area is 146 Å². The molecule has 0 saturated carbocycles. The van der Waals surface area contributed by atoms with Crippen molar-refractivity contribution in [1.82, 2.24) is 19.9 Å². The number of aromatic nitrogens is 3. The normalized spacial score (nSPS) is 15.0. The summed E-state index contributed by atoms with van der Waals surface area (Å²) in [7, 11) is 1.58. The number of carbonyl (C=O) groups excluding carboxylic acids is 1. The predicted octanol–water partition coefficient (Wildman–Crippen LogP) is 3.06. The zero-order valence-electron chi connectivity index (χ0n) is 14.9. The fraction of sp³-hybridized carbons (Fsp3) is 0.444. The molecular weight excluding hydrogens is 320 g/mol. The van der Waals surface area contributed by atoms with Crippen LogP contribution < -0.4 is 4.74 Å². The Morgan fingerprint density at radius 2 is 2.04 bits per heavy atom. The second-order valence-corrected chi connectivity index (χ2v) is 6.87. The van der Waals surface area contributed by atoms with Crippen molar-refractivity contribution in [2.75, 3.05) is 20.2 Å². The maximum Gasteiger partial charge on any atom is 0.410 e. The lowest BCUT2D eigenvalue weighted by molar-refractivity contribution is 0.0270. The molecule has 0 saturated heterocycles.